The Morgan fingerprint density at radius 2 is 1.89 bits per heavy atom. The van der Waals surface area contributed by atoms with E-state index in [1.54, 1.807) is 24.3 Å². The van der Waals surface area contributed by atoms with E-state index in [0.717, 1.165) is 11.1 Å². The second-order valence-electron chi connectivity index (χ2n) is 4.14. The molecule has 2 rings (SSSR count). The van der Waals surface area contributed by atoms with Crippen molar-refractivity contribution in [3.05, 3.63) is 59.2 Å². The number of carboxylic acid groups (broad SMARTS) is 1. The topological polar surface area (TPSA) is 49.3 Å². The normalized spacial score (nSPS) is 11.4. The molecule has 0 aliphatic carbocycles. The van der Waals surface area contributed by atoms with Gasteiger partial charge in [0, 0.05) is 5.69 Å². The predicted molar refractivity (Wildman–Crippen MR) is 72.6 cm³/mol. The van der Waals surface area contributed by atoms with E-state index in [4.69, 9.17) is 2.84 Å². The molecule has 0 aromatic heterocycles. The molecule has 0 atom stereocenters. The molecular weight excluding hydrogens is 226 g/mol. The van der Waals surface area contributed by atoms with Gasteiger partial charge in [0.1, 0.15) is 0 Å². The Kier molecular flexibility index (Phi) is 2.65. The van der Waals surface area contributed by atoms with Crippen LogP contribution in [0.1, 0.15) is 21.5 Å². The number of hydrogen-bond donors (Lipinski definition) is 2. The Balaban J connectivity index is 2.51. The van der Waals surface area contributed by atoms with Crippen LogP contribution in [0.15, 0.2) is 42.5 Å². The van der Waals surface area contributed by atoms with Crippen molar-refractivity contribution >= 4 is 17.3 Å². The maximum atomic E-state index is 11.6. The molecule has 0 saturated carbocycles. The van der Waals surface area contributed by atoms with Crippen molar-refractivity contribution in [1.82, 2.24) is 0 Å². The van der Waals surface area contributed by atoms with Crippen molar-refractivity contribution in [3.8, 4) is 0 Å². The van der Waals surface area contributed by atoms with Crippen LogP contribution in [0.4, 0.5) is 11.4 Å². The lowest BCUT2D eigenvalue weighted by Gasteiger charge is -2.13. The quantitative estimate of drug-likeness (QED) is 0.863. The zero-order valence-corrected chi connectivity index (χ0v) is 10.3. The molecule has 0 radical (unpaired) electrons. The molecule has 0 aliphatic heterocycles. The lowest BCUT2D eigenvalue weighted by molar-refractivity contribution is 0.0698. The number of hydrogen-bond acceptors (Lipinski definition) is 3. The maximum absolute atomic E-state index is 11.6. The number of benzene rings is 2. The van der Waals surface area contributed by atoms with E-state index in [1.807, 2.05) is 32.0 Å². The minimum atomic E-state index is -0.775. The number of rotatable bonds is 3. The third-order valence-corrected chi connectivity index (χ3v) is 2.94. The number of aromatic carboxylic acids is 1. The molecular formula is C15H15NO2. The molecule has 0 unspecified atom stereocenters. The van der Waals surface area contributed by atoms with Gasteiger partial charge in [-0.05, 0) is 43.2 Å². The first-order valence-electron chi connectivity index (χ1n) is 6.53. The van der Waals surface area contributed by atoms with E-state index in [2.05, 4.69) is 5.11 Å². The molecule has 0 saturated heterocycles. The van der Waals surface area contributed by atoms with Crippen molar-refractivity contribution in [3.63, 3.8) is 0 Å². The van der Waals surface area contributed by atoms with Gasteiger partial charge in [-0.25, -0.2) is 4.79 Å². The second-order valence-corrected chi connectivity index (χ2v) is 4.14. The van der Waals surface area contributed by atoms with Crippen LogP contribution in [0.5, 0.6) is 0 Å². The fraction of sp³-hybridized carbons (Fsp3) is 0.133. The number of aryl methyl sites for hydroxylation is 1. The first kappa shape index (κ1) is 9.71. The average molecular weight is 243 g/mol. The van der Waals surface area contributed by atoms with Gasteiger partial charge < -0.3 is 10.4 Å². The van der Waals surface area contributed by atoms with Gasteiger partial charge >= 0.3 is 5.97 Å². The molecule has 0 amide bonds. The molecule has 0 bridgehead atoms. The Bertz CT molecular complexity index is 644. The smallest absolute Gasteiger partial charge is 0.337 e. The maximum Gasteiger partial charge on any atom is 0.337 e. The fourth-order valence-corrected chi connectivity index (χ4v) is 1.73. The van der Waals surface area contributed by atoms with Gasteiger partial charge in [0.15, 0.2) is 1.41 Å². The molecule has 0 aliphatic rings. The van der Waals surface area contributed by atoms with Crippen LogP contribution in [0.2, 0.25) is 1.41 Å². The monoisotopic (exact) mass is 243 g/mol. The van der Waals surface area contributed by atoms with Gasteiger partial charge in [0.05, 0.1) is 11.3 Å². The largest absolute Gasteiger partial charge is 0.478 e. The Morgan fingerprint density at radius 3 is 2.67 bits per heavy atom. The molecule has 0 heterocycles. The standard InChI is InChI=1S/C15H15NO2/c1-10-6-5-9-13(11(10)2)16-14-8-4-3-7-12(14)15(17)18/h3-9,16H,1-2H3,(H,17,18)/i/hD2. The van der Waals surface area contributed by atoms with Crippen LogP contribution in [-0.4, -0.2) is 11.1 Å². The predicted octanol–water partition coefficient (Wildman–Crippen LogP) is 3.75. The molecule has 0 fully saturated rings. The summed E-state index contributed by atoms with van der Waals surface area (Å²) in [5.74, 6) is -0.775. The van der Waals surface area contributed by atoms with E-state index >= 15 is 0 Å². The van der Waals surface area contributed by atoms with Gasteiger partial charge in [0.2, 0.25) is 0 Å². The fourth-order valence-electron chi connectivity index (χ4n) is 1.73. The van der Waals surface area contributed by atoms with Crippen molar-refractivity contribution < 1.29 is 11.3 Å². The van der Waals surface area contributed by atoms with E-state index in [-0.39, 0.29) is 5.56 Å². The number of anilines is 2. The van der Waals surface area contributed by atoms with Crippen LogP contribution < -0.4 is 5.31 Å². The van der Waals surface area contributed by atoms with Crippen LogP contribution in [0.3, 0.4) is 0 Å². The molecule has 92 valence electrons. The highest BCUT2D eigenvalue weighted by Gasteiger charge is 2.10. The molecule has 2 aromatic carbocycles. The zero-order valence-electron chi connectivity index (χ0n) is 12.3. The number of para-hydroxylation sites is 1. The van der Waals surface area contributed by atoms with Crippen LogP contribution >= 0.6 is 0 Å². The van der Waals surface area contributed by atoms with Crippen LogP contribution in [0, 0.1) is 13.8 Å². The summed E-state index contributed by atoms with van der Waals surface area (Å²) < 4.78 is 15.0. The van der Waals surface area contributed by atoms with Gasteiger partial charge in [-0.1, -0.05) is 24.3 Å². The Labute approximate surface area is 109 Å². The number of nitrogens with one attached hydrogen (secondary N) is 1. The highest BCUT2D eigenvalue weighted by Crippen LogP contribution is 2.25. The summed E-state index contributed by atoms with van der Waals surface area (Å²) >= 11 is 0. The number of carbonyl (C=O) groups is 1. The lowest BCUT2D eigenvalue weighted by Crippen LogP contribution is -2.03. The molecule has 2 N–H and O–H groups in total. The van der Waals surface area contributed by atoms with Crippen LogP contribution in [-0.2, 0) is 0 Å². The molecule has 3 nitrogen and oxygen atoms in total. The van der Waals surface area contributed by atoms with Crippen molar-refractivity contribution in [1.29, 1.82) is 1.43 Å². The second kappa shape index (κ2) is 4.92. The first-order chi connectivity index (χ1) is 9.56. The summed E-state index contributed by atoms with van der Waals surface area (Å²) in [4.78, 5) is 11.6. The molecule has 0 spiro atoms. The summed E-state index contributed by atoms with van der Waals surface area (Å²) in [6.45, 7) is 3.90. The van der Waals surface area contributed by atoms with E-state index in [1.165, 1.54) is 5.31 Å². The average Bonchev–Trinajstić information content (AvgIpc) is 2.48. The minimum Gasteiger partial charge on any atom is -0.478 e. The van der Waals surface area contributed by atoms with Crippen molar-refractivity contribution in [2.45, 2.75) is 13.8 Å². The first-order valence-corrected chi connectivity index (χ1v) is 5.68. The van der Waals surface area contributed by atoms with E-state index in [9.17, 15) is 4.79 Å². The molecule has 18 heavy (non-hydrogen) atoms. The SMILES string of the molecule is [2H]OC(=O)c1ccccc1N([2H])c1cccc(C)c1C. The number of carboxylic acids is 1. The lowest BCUT2D eigenvalue weighted by atomic mass is 10.1. The van der Waals surface area contributed by atoms with E-state index < -0.39 is 5.97 Å². The third kappa shape index (κ3) is 2.35. The zero-order chi connectivity index (χ0) is 14.7. The Hall–Kier alpha value is -2.29. The minimum absolute atomic E-state index is 0.193. The van der Waals surface area contributed by atoms with E-state index in [0.29, 0.717) is 11.4 Å². The summed E-state index contributed by atoms with van der Waals surface area (Å²) in [5, 5.41) is 5.21. The van der Waals surface area contributed by atoms with Gasteiger partial charge in [-0.2, -0.15) is 0 Å². The molecule has 3 heteroatoms. The van der Waals surface area contributed by atoms with Crippen molar-refractivity contribution in [2.24, 2.45) is 0 Å². The van der Waals surface area contributed by atoms with Gasteiger partial charge in [-0.3, -0.25) is 0 Å². The third-order valence-electron chi connectivity index (χ3n) is 2.94. The summed E-state index contributed by atoms with van der Waals surface area (Å²) in [6.07, 6.45) is 0. The summed E-state index contributed by atoms with van der Waals surface area (Å²) in [5.41, 5.74) is 3.31. The highest BCUT2D eigenvalue weighted by molar-refractivity contribution is 5.95. The highest BCUT2D eigenvalue weighted by atomic mass is 16.4. The molecule has 2 aromatic rings. The summed E-state index contributed by atoms with van der Waals surface area (Å²) in [6, 6.07) is 12.3. The Morgan fingerprint density at radius 1 is 1.17 bits per heavy atom. The summed E-state index contributed by atoms with van der Waals surface area (Å²) in [7, 11) is 0. The van der Waals surface area contributed by atoms with Crippen LogP contribution in [0.25, 0.3) is 1.43 Å². The van der Waals surface area contributed by atoms with Gasteiger partial charge in [0.25, 0.3) is 1.43 Å². The van der Waals surface area contributed by atoms with Gasteiger partial charge in [-0.15, -0.1) is 0 Å². The van der Waals surface area contributed by atoms with Crippen molar-refractivity contribution in [2.75, 3.05) is 5.31 Å².